The van der Waals surface area contributed by atoms with E-state index in [-0.39, 0.29) is 46.6 Å². The molecule has 1 aromatic rings. The average Bonchev–Trinajstić information content (AvgIpc) is 2.74. The third-order valence-corrected chi connectivity index (χ3v) is 9.49. The Bertz CT molecular complexity index is 875. The first-order chi connectivity index (χ1) is 16.4. The molecule has 0 saturated carbocycles. The van der Waals surface area contributed by atoms with E-state index in [1.54, 1.807) is 0 Å². The SMILES string of the molecule is CN1C(C)(C)CC(N(C(=O)C(Cc2ccccc2)C(=O)O)C2CC(C)(C)N(C)C(C)(C)C2)CC1(C)C. The first-order valence-corrected chi connectivity index (χ1v) is 13.5. The van der Waals surface area contributed by atoms with E-state index < -0.39 is 11.9 Å². The molecular weight excluding hydrogens is 450 g/mol. The molecule has 1 amide bonds. The molecule has 0 spiro atoms. The summed E-state index contributed by atoms with van der Waals surface area (Å²) in [7, 11) is 4.33. The molecule has 2 aliphatic heterocycles. The van der Waals surface area contributed by atoms with Crippen molar-refractivity contribution in [1.29, 1.82) is 0 Å². The summed E-state index contributed by atoms with van der Waals surface area (Å²) in [6, 6.07) is 9.52. The van der Waals surface area contributed by atoms with E-state index in [4.69, 9.17) is 0 Å². The second kappa shape index (κ2) is 9.75. The summed E-state index contributed by atoms with van der Waals surface area (Å²) in [5.74, 6) is -2.36. The zero-order valence-electron chi connectivity index (χ0n) is 24.3. The summed E-state index contributed by atoms with van der Waals surface area (Å²) in [5, 5.41) is 10.3. The highest BCUT2D eigenvalue weighted by atomic mass is 16.4. The number of carboxylic acid groups (broad SMARTS) is 1. The van der Waals surface area contributed by atoms with Crippen LogP contribution in [-0.2, 0) is 16.0 Å². The number of likely N-dealkylation sites (tertiary alicyclic amines) is 2. The zero-order chi connectivity index (χ0) is 27.3. The van der Waals surface area contributed by atoms with Crippen LogP contribution >= 0.6 is 0 Å². The van der Waals surface area contributed by atoms with Gasteiger partial charge in [0.2, 0.25) is 5.91 Å². The molecule has 2 fully saturated rings. The number of benzene rings is 1. The van der Waals surface area contributed by atoms with Gasteiger partial charge in [-0.25, -0.2) is 0 Å². The van der Waals surface area contributed by atoms with Crippen LogP contribution in [0.5, 0.6) is 0 Å². The molecule has 2 heterocycles. The van der Waals surface area contributed by atoms with Crippen LogP contribution < -0.4 is 0 Å². The Kier molecular flexibility index (Phi) is 7.76. The Morgan fingerprint density at radius 2 is 1.17 bits per heavy atom. The Hall–Kier alpha value is -1.92. The highest BCUT2D eigenvalue weighted by Crippen LogP contribution is 2.44. The van der Waals surface area contributed by atoms with Crippen molar-refractivity contribution < 1.29 is 14.7 Å². The highest BCUT2D eigenvalue weighted by Gasteiger charge is 2.52. The minimum absolute atomic E-state index is 0.0173. The number of piperidine rings is 2. The summed E-state index contributed by atoms with van der Waals surface area (Å²) >= 11 is 0. The fourth-order valence-corrected chi connectivity index (χ4v) is 7.00. The van der Waals surface area contributed by atoms with Crippen molar-refractivity contribution in [3.05, 3.63) is 35.9 Å². The summed E-state index contributed by atoms with van der Waals surface area (Å²) in [6.45, 7) is 17.9. The van der Waals surface area contributed by atoms with Crippen molar-refractivity contribution in [3.8, 4) is 0 Å². The quantitative estimate of drug-likeness (QED) is 0.554. The van der Waals surface area contributed by atoms with Crippen molar-refractivity contribution in [2.24, 2.45) is 5.92 Å². The number of aliphatic carboxylic acids is 1. The number of amides is 1. The lowest BCUT2D eigenvalue weighted by Crippen LogP contribution is -2.68. The molecule has 3 rings (SSSR count). The van der Waals surface area contributed by atoms with E-state index in [1.165, 1.54) is 0 Å². The van der Waals surface area contributed by atoms with E-state index in [2.05, 4.69) is 84.2 Å². The van der Waals surface area contributed by atoms with Gasteiger partial charge in [0.25, 0.3) is 0 Å². The fraction of sp³-hybridized carbons (Fsp3) is 0.733. The van der Waals surface area contributed by atoms with Crippen LogP contribution in [0.2, 0.25) is 0 Å². The van der Waals surface area contributed by atoms with Crippen molar-refractivity contribution in [3.63, 3.8) is 0 Å². The van der Waals surface area contributed by atoms with Gasteiger partial charge < -0.3 is 10.0 Å². The summed E-state index contributed by atoms with van der Waals surface area (Å²) in [6.07, 6.45) is 3.50. The Morgan fingerprint density at radius 1 is 0.806 bits per heavy atom. The zero-order valence-corrected chi connectivity index (χ0v) is 24.3. The van der Waals surface area contributed by atoms with Crippen molar-refractivity contribution in [2.75, 3.05) is 14.1 Å². The van der Waals surface area contributed by atoms with Gasteiger partial charge in [0.05, 0.1) is 0 Å². The third-order valence-electron chi connectivity index (χ3n) is 9.49. The second-order valence-electron chi connectivity index (χ2n) is 13.8. The van der Waals surface area contributed by atoms with Gasteiger partial charge in [0, 0.05) is 34.2 Å². The molecule has 0 aromatic heterocycles. The summed E-state index contributed by atoms with van der Waals surface area (Å²) in [5.41, 5.74) is 0.435. The van der Waals surface area contributed by atoms with E-state index in [0.29, 0.717) is 0 Å². The largest absolute Gasteiger partial charge is 0.481 e. The number of nitrogens with zero attached hydrogens (tertiary/aromatic N) is 3. The topological polar surface area (TPSA) is 64.1 Å². The van der Waals surface area contributed by atoms with E-state index in [0.717, 1.165) is 31.2 Å². The van der Waals surface area contributed by atoms with Crippen LogP contribution in [-0.4, -0.2) is 80.0 Å². The molecule has 36 heavy (non-hydrogen) atoms. The molecule has 0 bridgehead atoms. The molecule has 0 radical (unpaired) electrons. The van der Waals surface area contributed by atoms with Crippen molar-refractivity contribution >= 4 is 11.9 Å². The molecule has 1 unspecified atom stereocenters. The van der Waals surface area contributed by atoms with E-state index in [9.17, 15) is 14.7 Å². The van der Waals surface area contributed by atoms with Gasteiger partial charge in [-0.2, -0.15) is 0 Å². The number of carboxylic acids is 1. The predicted octanol–water partition coefficient (Wildman–Crippen LogP) is 5.06. The molecular formula is C30H49N3O3. The van der Waals surface area contributed by atoms with Gasteiger partial charge in [-0.3, -0.25) is 19.4 Å². The minimum atomic E-state index is -1.09. The number of carbonyl (C=O) groups is 2. The molecule has 1 aromatic carbocycles. The molecule has 1 N–H and O–H groups in total. The summed E-state index contributed by atoms with van der Waals surface area (Å²) in [4.78, 5) is 33.9. The molecule has 6 heteroatoms. The van der Waals surface area contributed by atoms with Gasteiger partial charge in [0.15, 0.2) is 0 Å². The maximum atomic E-state index is 14.4. The predicted molar refractivity (Wildman–Crippen MR) is 146 cm³/mol. The van der Waals surface area contributed by atoms with Crippen LogP contribution in [0.1, 0.15) is 86.6 Å². The van der Waals surface area contributed by atoms with Crippen LogP contribution in [0.25, 0.3) is 0 Å². The molecule has 2 aliphatic rings. The average molecular weight is 500 g/mol. The van der Waals surface area contributed by atoms with Crippen LogP contribution in [0.3, 0.4) is 0 Å². The van der Waals surface area contributed by atoms with Crippen molar-refractivity contribution in [2.45, 2.75) is 122 Å². The van der Waals surface area contributed by atoms with Gasteiger partial charge in [-0.1, -0.05) is 30.3 Å². The number of hydrogen-bond acceptors (Lipinski definition) is 4. The smallest absolute Gasteiger partial charge is 0.316 e. The monoisotopic (exact) mass is 499 g/mol. The van der Waals surface area contributed by atoms with Crippen molar-refractivity contribution in [1.82, 2.24) is 14.7 Å². The van der Waals surface area contributed by atoms with Crippen LogP contribution in [0.15, 0.2) is 30.3 Å². The normalized spacial score (nSPS) is 25.3. The van der Waals surface area contributed by atoms with Gasteiger partial charge in [-0.05, 0) is 107 Å². The maximum absolute atomic E-state index is 14.4. The van der Waals surface area contributed by atoms with Crippen LogP contribution in [0, 0.1) is 5.92 Å². The van der Waals surface area contributed by atoms with E-state index in [1.807, 2.05) is 30.3 Å². The lowest BCUT2D eigenvalue weighted by molar-refractivity contribution is -0.160. The molecule has 1 atom stereocenters. The third kappa shape index (κ3) is 5.65. The Balaban J connectivity index is 2.07. The van der Waals surface area contributed by atoms with Gasteiger partial charge in [0.1, 0.15) is 5.92 Å². The Morgan fingerprint density at radius 3 is 1.50 bits per heavy atom. The molecule has 2 saturated heterocycles. The summed E-state index contributed by atoms with van der Waals surface area (Å²) < 4.78 is 0. The molecule has 0 aliphatic carbocycles. The minimum Gasteiger partial charge on any atom is -0.481 e. The van der Waals surface area contributed by atoms with Crippen LogP contribution in [0.4, 0.5) is 0 Å². The van der Waals surface area contributed by atoms with Gasteiger partial charge >= 0.3 is 5.97 Å². The highest BCUT2D eigenvalue weighted by molar-refractivity contribution is 5.97. The van der Waals surface area contributed by atoms with Gasteiger partial charge in [-0.15, -0.1) is 0 Å². The number of rotatable bonds is 6. The molecule has 6 nitrogen and oxygen atoms in total. The first-order valence-electron chi connectivity index (χ1n) is 13.5. The lowest BCUT2D eigenvalue weighted by atomic mass is 9.73. The number of hydrogen-bond donors (Lipinski definition) is 1. The first kappa shape index (κ1) is 28.6. The lowest BCUT2D eigenvalue weighted by Gasteiger charge is -2.60. The Labute approximate surface area is 219 Å². The number of carbonyl (C=O) groups excluding carboxylic acids is 1. The fourth-order valence-electron chi connectivity index (χ4n) is 7.00. The molecule has 202 valence electrons. The second-order valence-corrected chi connectivity index (χ2v) is 13.8. The maximum Gasteiger partial charge on any atom is 0.316 e. The van der Waals surface area contributed by atoms with E-state index >= 15 is 0 Å². The standard InChI is InChI=1S/C30H49N3O3/c1-27(2)17-22(18-28(3,4)31(27)9)33(23-19-29(5,6)32(10)30(7,8)20-23)25(34)24(26(35)36)16-21-14-12-11-13-15-21/h11-15,22-24H,16-20H2,1-10H3,(H,35,36).